The number of amides is 2. The van der Waals surface area contributed by atoms with E-state index in [0.29, 0.717) is 42.6 Å². The van der Waals surface area contributed by atoms with E-state index in [1.54, 1.807) is 34.2 Å². The zero-order chi connectivity index (χ0) is 37.1. The van der Waals surface area contributed by atoms with Gasteiger partial charge < -0.3 is 24.0 Å². The van der Waals surface area contributed by atoms with Crippen molar-refractivity contribution in [2.24, 2.45) is 0 Å². The number of esters is 1. The molecule has 4 aromatic carbocycles. The van der Waals surface area contributed by atoms with Gasteiger partial charge in [0.2, 0.25) is 0 Å². The summed E-state index contributed by atoms with van der Waals surface area (Å²) in [5.74, 6) is -0.481. The van der Waals surface area contributed by atoms with Crippen LogP contribution in [0, 0.1) is 5.82 Å². The van der Waals surface area contributed by atoms with E-state index in [4.69, 9.17) is 19.2 Å². The number of pyridine rings is 1. The molecule has 1 fully saturated rings. The summed E-state index contributed by atoms with van der Waals surface area (Å²) in [7, 11) is 0. The van der Waals surface area contributed by atoms with Gasteiger partial charge >= 0.3 is 12.1 Å². The number of fused-ring (bicyclic) bond motifs is 2. The topological polar surface area (TPSA) is 102 Å². The number of halogens is 1. The second-order valence-corrected chi connectivity index (χ2v) is 14.2. The monoisotopic (exact) mass is 716 g/mol. The number of ether oxygens (including phenoxy) is 3. The Morgan fingerprint density at radius 3 is 2.09 bits per heavy atom. The van der Waals surface area contributed by atoms with E-state index in [0.717, 1.165) is 16.7 Å². The fraction of sp³-hybridized carbons (Fsp3) is 0.286. The van der Waals surface area contributed by atoms with Gasteiger partial charge in [-0.05, 0) is 61.7 Å². The Bertz CT molecular complexity index is 2070. The molecule has 0 saturated carbocycles. The van der Waals surface area contributed by atoms with Gasteiger partial charge in [-0.15, -0.1) is 0 Å². The molecule has 1 aromatic heterocycles. The van der Waals surface area contributed by atoms with Gasteiger partial charge in [-0.1, -0.05) is 72.8 Å². The number of carbonyl (C=O) groups is 3. The van der Waals surface area contributed by atoms with Crippen molar-refractivity contribution in [3.05, 3.63) is 137 Å². The molecule has 2 amide bonds. The molecule has 0 unspecified atom stereocenters. The summed E-state index contributed by atoms with van der Waals surface area (Å²) in [5.41, 5.74) is 3.07. The predicted octanol–water partition coefficient (Wildman–Crippen LogP) is 7.16. The van der Waals surface area contributed by atoms with E-state index in [9.17, 15) is 18.8 Å². The van der Waals surface area contributed by atoms with Crippen LogP contribution in [-0.2, 0) is 22.6 Å². The minimum atomic E-state index is -0.587. The Morgan fingerprint density at radius 1 is 0.830 bits per heavy atom. The molecule has 0 spiro atoms. The van der Waals surface area contributed by atoms with Gasteiger partial charge in [-0.25, -0.2) is 9.18 Å². The molecule has 0 radical (unpaired) electrons. The van der Waals surface area contributed by atoms with Crippen molar-refractivity contribution in [1.82, 2.24) is 19.7 Å². The number of carbonyl (C=O) groups excluding carboxylic acids is 3. The largest absolute Gasteiger partial charge is 0.478 e. The van der Waals surface area contributed by atoms with Crippen LogP contribution in [0.5, 0.6) is 11.5 Å². The minimum Gasteiger partial charge on any atom is -0.478 e. The minimum absolute atomic E-state index is 0.125. The fourth-order valence-corrected chi connectivity index (χ4v) is 6.77. The lowest BCUT2D eigenvalue weighted by Gasteiger charge is -2.34. The Labute approximate surface area is 307 Å². The highest BCUT2D eigenvalue weighted by molar-refractivity contribution is 6.09. The summed E-state index contributed by atoms with van der Waals surface area (Å²) >= 11 is 0. The molecule has 2 aliphatic heterocycles. The number of nitrogens with zero attached hydrogens (tertiary/aromatic N) is 4. The highest BCUT2D eigenvalue weighted by Crippen LogP contribution is 2.46. The Hall–Kier alpha value is -5.81. The first kappa shape index (κ1) is 35.6. The molecule has 53 heavy (non-hydrogen) atoms. The number of piperazine rings is 1. The SMILES string of the molecule is CC(C)(C)OC(=O)CN1CCN(C(=O)Oc2c3c(c(OC(c4ccccc4)c4ccccc4)c4ncccc24)C(=O)N(Cc2ccc(F)cc2)C3)CC1. The first-order valence-corrected chi connectivity index (χ1v) is 17.7. The van der Waals surface area contributed by atoms with E-state index in [1.807, 2.05) is 92.4 Å². The van der Waals surface area contributed by atoms with Gasteiger partial charge in [-0.2, -0.15) is 0 Å². The Balaban J connectivity index is 1.24. The highest BCUT2D eigenvalue weighted by Gasteiger charge is 2.39. The third-order valence-corrected chi connectivity index (χ3v) is 9.24. The van der Waals surface area contributed by atoms with Crippen LogP contribution in [0.15, 0.2) is 103 Å². The van der Waals surface area contributed by atoms with Crippen LogP contribution in [0.1, 0.15) is 59.5 Å². The van der Waals surface area contributed by atoms with E-state index in [2.05, 4.69) is 0 Å². The normalized spacial score (nSPS) is 14.8. The molecule has 0 N–H and O–H groups in total. The lowest BCUT2D eigenvalue weighted by atomic mass is 9.99. The summed E-state index contributed by atoms with van der Waals surface area (Å²) in [6.45, 7) is 7.54. The van der Waals surface area contributed by atoms with E-state index in [-0.39, 0.29) is 54.4 Å². The molecule has 0 atom stereocenters. The lowest BCUT2D eigenvalue weighted by molar-refractivity contribution is -0.156. The van der Waals surface area contributed by atoms with Crippen LogP contribution < -0.4 is 9.47 Å². The maximum absolute atomic E-state index is 14.5. The maximum atomic E-state index is 14.5. The lowest BCUT2D eigenvalue weighted by Crippen LogP contribution is -2.51. The number of aromatic nitrogens is 1. The number of benzene rings is 4. The first-order valence-electron chi connectivity index (χ1n) is 17.7. The summed E-state index contributed by atoms with van der Waals surface area (Å²) in [6, 6.07) is 29.1. The summed E-state index contributed by atoms with van der Waals surface area (Å²) in [5, 5.41) is 0.523. The van der Waals surface area contributed by atoms with Crippen LogP contribution in [0.25, 0.3) is 10.9 Å². The van der Waals surface area contributed by atoms with Gasteiger partial charge in [0.15, 0.2) is 5.75 Å². The molecule has 272 valence electrons. The number of hydrogen-bond acceptors (Lipinski definition) is 8. The molecule has 11 heteroatoms. The van der Waals surface area contributed by atoms with Gasteiger partial charge in [0.25, 0.3) is 5.91 Å². The first-order chi connectivity index (χ1) is 25.5. The van der Waals surface area contributed by atoms with Gasteiger partial charge in [0.1, 0.15) is 28.8 Å². The van der Waals surface area contributed by atoms with Crippen molar-refractivity contribution < 1.29 is 33.0 Å². The average molecular weight is 717 g/mol. The van der Waals surface area contributed by atoms with Crippen molar-refractivity contribution >= 4 is 28.9 Å². The standard InChI is InChI=1S/C42H41FN4O6/c1-42(2,3)53-34(48)27-45-21-23-46(24-22-45)41(50)52-38-32-15-10-20-44-36(32)39(51-37(29-11-6-4-7-12-29)30-13-8-5-9-14-30)35-33(38)26-47(40(35)49)25-28-16-18-31(43)19-17-28/h4-20,37H,21-27H2,1-3H3. The van der Waals surface area contributed by atoms with E-state index in [1.165, 1.54) is 12.1 Å². The zero-order valence-corrected chi connectivity index (χ0v) is 30.0. The van der Waals surface area contributed by atoms with Crippen LogP contribution in [0.4, 0.5) is 9.18 Å². The Kier molecular flexibility index (Phi) is 10.1. The van der Waals surface area contributed by atoms with E-state index >= 15 is 0 Å². The highest BCUT2D eigenvalue weighted by atomic mass is 19.1. The molecule has 0 aliphatic carbocycles. The van der Waals surface area contributed by atoms with Crippen LogP contribution >= 0.6 is 0 Å². The fourth-order valence-electron chi connectivity index (χ4n) is 6.77. The smallest absolute Gasteiger partial charge is 0.415 e. The molecular weight excluding hydrogens is 675 g/mol. The van der Waals surface area contributed by atoms with Crippen molar-refractivity contribution in [1.29, 1.82) is 0 Å². The number of hydrogen-bond donors (Lipinski definition) is 0. The summed E-state index contributed by atoms with van der Waals surface area (Å²) < 4.78 is 32.4. The zero-order valence-electron chi connectivity index (χ0n) is 30.0. The molecule has 2 aliphatic rings. The predicted molar refractivity (Wildman–Crippen MR) is 197 cm³/mol. The molecule has 7 rings (SSSR count). The third kappa shape index (κ3) is 8.00. The average Bonchev–Trinajstić information content (AvgIpc) is 3.47. The molecular formula is C42H41FN4O6. The van der Waals surface area contributed by atoms with Crippen LogP contribution in [-0.4, -0.2) is 76.0 Å². The van der Waals surface area contributed by atoms with Gasteiger partial charge in [-0.3, -0.25) is 19.5 Å². The van der Waals surface area contributed by atoms with Crippen LogP contribution in [0.3, 0.4) is 0 Å². The second-order valence-electron chi connectivity index (χ2n) is 14.2. The Morgan fingerprint density at radius 2 is 1.47 bits per heavy atom. The molecule has 5 aromatic rings. The van der Waals surface area contributed by atoms with Crippen molar-refractivity contribution in [2.75, 3.05) is 32.7 Å². The third-order valence-electron chi connectivity index (χ3n) is 9.24. The van der Waals surface area contributed by atoms with Gasteiger partial charge in [0.05, 0.1) is 18.7 Å². The molecule has 3 heterocycles. The van der Waals surface area contributed by atoms with Crippen molar-refractivity contribution in [3.63, 3.8) is 0 Å². The quantitative estimate of drug-likeness (QED) is 0.148. The summed E-state index contributed by atoms with van der Waals surface area (Å²) in [4.78, 5) is 50.6. The molecule has 0 bridgehead atoms. The maximum Gasteiger partial charge on any atom is 0.415 e. The second kappa shape index (κ2) is 15.0. The van der Waals surface area contributed by atoms with Gasteiger partial charge in [0, 0.05) is 49.9 Å². The molecule has 1 saturated heterocycles. The van der Waals surface area contributed by atoms with Crippen molar-refractivity contribution in [3.8, 4) is 11.5 Å². The summed E-state index contributed by atoms with van der Waals surface area (Å²) in [6.07, 6.45) is 0.460. The van der Waals surface area contributed by atoms with Crippen LogP contribution in [0.2, 0.25) is 0 Å². The van der Waals surface area contributed by atoms with E-state index < -0.39 is 17.8 Å². The van der Waals surface area contributed by atoms with Crippen molar-refractivity contribution in [2.45, 2.75) is 45.6 Å². The molecule has 10 nitrogen and oxygen atoms in total. The number of rotatable bonds is 9.